The van der Waals surface area contributed by atoms with Crippen molar-refractivity contribution in [3.8, 4) is 0 Å². The number of aromatic nitrogens is 2. The van der Waals surface area contributed by atoms with Gasteiger partial charge in [-0.25, -0.2) is 4.98 Å². The van der Waals surface area contributed by atoms with Crippen molar-refractivity contribution in [1.82, 2.24) is 15.3 Å². The zero-order valence-electron chi connectivity index (χ0n) is 13.2. The molecule has 0 fully saturated rings. The summed E-state index contributed by atoms with van der Waals surface area (Å²) in [4.78, 5) is 19.6. The molecule has 2 aromatic carbocycles. The summed E-state index contributed by atoms with van der Waals surface area (Å²) in [5.74, 6) is 0.167. The SMILES string of the molecule is C[C@H](NCc1cc(Cl)cc(Cl)c1)C(=O)Nc1nc2ccc(Cl)cc2[nH]1. The molecule has 0 bridgehead atoms. The van der Waals surface area contributed by atoms with E-state index in [0.29, 0.717) is 27.6 Å². The number of imidazole rings is 1. The number of hydrogen-bond donors (Lipinski definition) is 3. The number of nitrogens with zero attached hydrogens (tertiary/aromatic N) is 1. The number of rotatable bonds is 5. The largest absolute Gasteiger partial charge is 0.324 e. The maximum atomic E-state index is 12.3. The number of carbonyl (C=O) groups is 1. The zero-order valence-corrected chi connectivity index (χ0v) is 15.5. The maximum Gasteiger partial charge on any atom is 0.243 e. The van der Waals surface area contributed by atoms with Crippen LogP contribution >= 0.6 is 34.8 Å². The zero-order chi connectivity index (χ0) is 18.0. The van der Waals surface area contributed by atoms with E-state index < -0.39 is 6.04 Å². The Morgan fingerprint density at radius 1 is 1.12 bits per heavy atom. The summed E-state index contributed by atoms with van der Waals surface area (Å²) in [6.45, 7) is 2.23. The molecular weight excluding hydrogens is 383 g/mol. The average Bonchev–Trinajstić information content (AvgIpc) is 2.92. The Morgan fingerprint density at radius 2 is 1.84 bits per heavy atom. The Labute approximate surface area is 159 Å². The number of nitrogens with one attached hydrogen (secondary N) is 3. The number of aromatic amines is 1. The van der Waals surface area contributed by atoms with E-state index in [-0.39, 0.29) is 5.91 Å². The van der Waals surface area contributed by atoms with Gasteiger partial charge in [0.05, 0.1) is 17.1 Å². The Hall–Kier alpha value is -1.79. The summed E-state index contributed by atoms with van der Waals surface area (Å²) in [7, 11) is 0. The first-order valence-electron chi connectivity index (χ1n) is 7.55. The first-order chi connectivity index (χ1) is 11.9. The quantitative estimate of drug-likeness (QED) is 0.587. The lowest BCUT2D eigenvalue weighted by Gasteiger charge is -2.13. The summed E-state index contributed by atoms with van der Waals surface area (Å²) < 4.78 is 0. The highest BCUT2D eigenvalue weighted by atomic mass is 35.5. The lowest BCUT2D eigenvalue weighted by atomic mass is 10.2. The van der Waals surface area contributed by atoms with Gasteiger partial charge < -0.3 is 10.3 Å². The molecule has 5 nitrogen and oxygen atoms in total. The summed E-state index contributed by atoms with van der Waals surface area (Å²) in [6, 6.07) is 10.1. The second-order valence-electron chi connectivity index (χ2n) is 5.62. The first kappa shape index (κ1) is 18.0. The number of fused-ring (bicyclic) bond motifs is 1. The van der Waals surface area contributed by atoms with Gasteiger partial charge in [-0.3, -0.25) is 10.1 Å². The monoisotopic (exact) mass is 396 g/mol. The highest BCUT2D eigenvalue weighted by Crippen LogP contribution is 2.20. The van der Waals surface area contributed by atoms with Gasteiger partial charge in [0.25, 0.3) is 0 Å². The molecule has 0 aliphatic rings. The molecule has 1 atom stereocenters. The van der Waals surface area contributed by atoms with Crippen molar-refractivity contribution in [3.05, 3.63) is 57.0 Å². The highest BCUT2D eigenvalue weighted by Gasteiger charge is 2.14. The number of H-pyrrole nitrogens is 1. The molecule has 3 aromatic rings. The second-order valence-corrected chi connectivity index (χ2v) is 6.93. The molecule has 3 N–H and O–H groups in total. The van der Waals surface area contributed by atoms with Gasteiger partial charge in [-0.05, 0) is 48.9 Å². The predicted octanol–water partition coefficient (Wildman–Crippen LogP) is 4.64. The molecule has 1 heterocycles. The van der Waals surface area contributed by atoms with E-state index in [2.05, 4.69) is 20.6 Å². The van der Waals surface area contributed by atoms with E-state index in [0.717, 1.165) is 16.6 Å². The van der Waals surface area contributed by atoms with Crippen LogP contribution < -0.4 is 10.6 Å². The molecule has 0 saturated heterocycles. The number of carbonyl (C=O) groups excluding carboxylic acids is 1. The Kier molecular flexibility index (Phi) is 5.49. The maximum absolute atomic E-state index is 12.3. The van der Waals surface area contributed by atoms with Crippen molar-refractivity contribution >= 4 is 57.7 Å². The lowest BCUT2D eigenvalue weighted by Crippen LogP contribution is -2.37. The van der Waals surface area contributed by atoms with Crippen molar-refractivity contribution in [1.29, 1.82) is 0 Å². The van der Waals surface area contributed by atoms with Crippen LogP contribution in [0.25, 0.3) is 11.0 Å². The van der Waals surface area contributed by atoms with Crippen LogP contribution in [0.5, 0.6) is 0 Å². The van der Waals surface area contributed by atoms with E-state index in [4.69, 9.17) is 34.8 Å². The van der Waals surface area contributed by atoms with Crippen molar-refractivity contribution in [2.45, 2.75) is 19.5 Å². The molecule has 0 aliphatic carbocycles. The van der Waals surface area contributed by atoms with Crippen LogP contribution in [-0.2, 0) is 11.3 Å². The van der Waals surface area contributed by atoms with Crippen molar-refractivity contribution in [2.75, 3.05) is 5.32 Å². The molecule has 3 rings (SSSR count). The van der Waals surface area contributed by atoms with Gasteiger partial charge in [0.1, 0.15) is 0 Å². The molecule has 0 saturated carbocycles. The minimum Gasteiger partial charge on any atom is -0.324 e. The minimum absolute atomic E-state index is 0.210. The number of amides is 1. The van der Waals surface area contributed by atoms with E-state index >= 15 is 0 Å². The fourth-order valence-electron chi connectivity index (χ4n) is 2.34. The van der Waals surface area contributed by atoms with Crippen LogP contribution in [0.4, 0.5) is 5.95 Å². The smallest absolute Gasteiger partial charge is 0.243 e. The minimum atomic E-state index is -0.436. The summed E-state index contributed by atoms with van der Waals surface area (Å²) in [5, 5.41) is 7.59. The van der Waals surface area contributed by atoms with Gasteiger partial charge in [-0.2, -0.15) is 0 Å². The molecule has 130 valence electrons. The van der Waals surface area contributed by atoms with Gasteiger partial charge in [-0.1, -0.05) is 34.8 Å². The van der Waals surface area contributed by atoms with Gasteiger partial charge in [-0.15, -0.1) is 0 Å². The third-order valence-electron chi connectivity index (χ3n) is 3.61. The number of hydrogen-bond acceptors (Lipinski definition) is 3. The molecule has 0 unspecified atom stereocenters. The molecule has 0 spiro atoms. The summed E-state index contributed by atoms with van der Waals surface area (Å²) in [6.07, 6.45) is 0. The first-order valence-corrected chi connectivity index (χ1v) is 8.68. The Bertz CT molecular complexity index is 905. The fraction of sp³-hybridized carbons (Fsp3) is 0.176. The van der Waals surface area contributed by atoms with E-state index in [1.54, 1.807) is 43.3 Å². The Balaban J connectivity index is 1.61. The van der Waals surface area contributed by atoms with Crippen LogP contribution in [0.1, 0.15) is 12.5 Å². The van der Waals surface area contributed by atoms with Crippen molar-refractivity contribution in [3.63, 3.8) is 0 Å². The van der Waals surface area contributed by atoms with Gasteiger partial charge >= 0.3 is 0 Å². The van der Waals surface area contributed by atoms with E-state index in [1.807, 2.05) is 0 Å². The van der Waals surface area contributed by atoms with Crippen LogP contribution in [0.15, 0.2) is 36.4 Å². The van der Waals surface area contributed by atoms with Crippen LogP contribution in [0.2, 0.25) is 15.1 Å². The number of anilines is 1. The third kappa shape index (κ3) is 4.64. The molecule has 0 radical (unpaired) electrons. The van der Waals surface area contributed by atoms with E-state index in [1.165, 1.54) is 0 Å². The predicted molar refractivity (Wildman–Crippen MR) is 102 cm³/mol. The standard InChI is InChI=1S/C17H15Cl3N4O/c1-9(21-8-10-4-12(19)6-13(20)5-10)16(25)24-17-22-14-3-2-11(18)7-15(14)23-17/h2-7,9,21H,8H2,1H3,(H2,22,23,24,25)/t9-/m0/s1. The van der Waals surface area contributed by atoms with Crippen LogP contribution in [-0.4, -0.2) is 21.9 Å². The normalized spacial score (nSPS) is 12.3. The molecular formula is C17H15Cl3N4O. The Morgan fingerprint density at radius 3 is 2.56 bits per heavy atom. The van der Waals surface area contributed by atoms with Gasteiger partial charge in [0, 0.05) is 21.6 Å². The molecule has 1 amide bonds. The molecule has 1 aromatic heterocycles. The van der Waals surface area contributed by atoms with E-state index in [9.17, 15) is 4.79 Å². The lowest BCUT2D eigenvalue weighted by molar-refractivity contribution is -0.117. The van der Waals surface area contributed by atoms with Crippen LogP contribution in [0.3, 0.4) is 0 Å². The molecule has 0 aliphatic heterocycles. The number of benzene rings is 2. The average molecular weight is 398 g/mol. The molecule has 8 heteroatoms. The van der Waals surface area contributed by atoms with Crippen molar-refractivity contribution in [2.24, 2.45) is 0 Å². The second kappa shape index (κ2) is 7.62. The topological polar surface area (TPSA) is 69.8 Å². The van der Waals surface area contributed by atoms with Gasteiger partial charge in [0.15, 0.2) is 0 Å². The van der Waals surface area contributed by atoms with Gasteiger partial charge in [0.2, 0.25) is 11.9 Å². The van der Waals surface area contributed by atoms with Crippen molar-refractivity contribution < 1.29 is 4.79 Å². The highest BCUT2D eigenvalue weighted by molar-refractivity contribution is 6.34. The fourth-order valence-corrected chi connectivity index (χ4v) is 3.09. The number of halogens is 3. The summed E-state index contributed by atoms with van der Waals surface area (Å²) >= 11 is 17.9. The summed E-state index contributed by atoms with van der Waals surface area (Å²) in [5.41, 5.74) is 2.39. The molecule has 25 heavy (non-hydrogen) atoms. The van der Waals surface area contributed by atoms with Crippen LogP contribution in [0, 0.1) is 0 Å². The third-order valence-corrected chi connectivity index (χ3v) is 4.29.